The maximum atomic E-state index is 12.9. The van der Waals surface area contributed by atoms with Crippen LogP contribution in [-0.2, 0) is 14.3 Å². The van der Waals surface area contributed by atoms with E-state index in [0.29, 0.717) is 4.47 Å². The second kappa shape index (κ2) is 5.47. The van der Waals surface area contributed by atoms with Gasteiger partial charge in [-0.25, -0.2) is 4.79 Å². The van der Waals surface area contributed by atoms with E-state index in [-0.39, 0.29) is 16.7 Å². The summed E-state index contributed by atoms with van der Waals surface area (Å²) in [5.41, 5.74) is -2.87. The fraction of sp³-hybridized carbons (Fsp3) is 0.0526. The fourth-order valence-corrected chi connectivity index (χ4v) is 3.63. The summed E-state index contributed by atoms with van der Waals surface area (Å²) in [5.74, 6) is -4.88. The third kappa shape index (κ3) is 1.97. The Morgan fingerprint density at radius 3 is 2.12 bits per heavy atom. The summed E-state index contributed by atoms with van der Waals surface area (Å²) < 4.78 is 5.60. The number of benzene rings is 2. The van der Waals surface area contributed by atoms with Gasteiger partial charge in [0.05, 0.1) is 0 Å². The highest BCUT2D eigenvalue weighted by atomic mass is 79.9. The lowest BCUT2D eigenvalue weighted by Gasteiger charge is -2.20. The van der Waals surface area contributed by atoms with Gasteiger partial charge in [0.15, 0.2) is 0 Å². The maximum absolute atomic E-state index is 12.9. The van der Waals surface area contributed by atoms with Crippen LogP contribution in [-0.4, -0.2) is 34.0 Å². The highest BCUT2D eigenvalue weighted by Crippen LogP contribution is 2.44. The lowest BCUT2D eigenvalue weighted by molar-refractivity contribution is -0.149. The van der Waals surface area contributed by atoms with Gasteiger partial charge in [-0.3, -0.25) is 14.4 Å². The molecule has 0 unspecified atom stereocenters. The number of rotatable bonds is 1. The Labute approximate surface area is 155 Å². The molecule has 2 aromatic rings. The molecule has 1 spiro atoms. The van der Waals surface area contributed by atoms with Crippen LogP contribution in [0.25, 0.3) is 5.76 Å². The standard InChI is InChI=1S/C19H9BrO6/c20-10-5-3-4-9(8-10)14(21)13-15(22)18(25)26-19(13)16(23)11-6-1-2-7-12(11)17(19)24/h1-8,21H. The number of aliphatic hydroxyl groups excluding tert-OH is 1. The molecule has 7 heteroatoms. The van der Waals surface area contributed by atoms with Gasteiger partial charge in [-0.2, -0.15) is 0 Å². The van der Waals surface area contributed by atoms with Crippen LogP contribution in [0.3, 0.4) is 0 Å². The van der Waals surface area contributed by atoms with Crippen LogP contribution in [0.15, 0.2) is 58.6 Å². The van der Waals surface area contributed by atoms with Crippen molar-refractivity contribution < 1.29 is 29.0 Å². The van der Waals surface area contributed by atoms with E-state index in [0.717, 1.165) is 0 Å². The van der Waals surface area contributed by atoms with Crippen molar-refractivity contribution in [3.8, 4) is 0 Å². The third-order valence-corrected chi connectivity index (χ3v) is 4.89. The smallest absolute Gasteiger partial charge is 0.381 e. The predicted molar refractivity (Wildman–Crippen MR) is 92.6 cm³/mol. The van der Waals surface area contributed by atoms with Crippen LogP contribution in [0, 0.1) is 0 Å². The average Bonchev–Trinajstić information content (AvgIpc) is 3.02. The molecule has 0 radical (unpaired) electrons. The first kappa shape index (κ1) is 16.4. The summed E-state index contributed by atoms with van der Waals surface area (Å²) in [7, 11) is 0. The molecule has 0 amide bonds. The van der Waals surface area contributed by atoms with E-state index < -0.39 is 40.3 Å². The number of carbonyl (C=O) groups is 4. The van der Waals surface area contributed by atoms with Gasteiger partial charge in [-0.15, -0.1) is 0 Å². The van der Waals surface area contributed by atoms with Gasteiger partial charge in [-0.1, -0.05) is 52.3 Å². The third-order valence-electron chi connectivity index (χ3n) is 4.40. The van der Waals surface area contributed by atoms with Crippen LogP contribution < -0.4 is 0 Å². The number of ketones is 3. The van der Waals surface area contributed by atoms with Crippen LogP contribution in [0.2, 0.25) is 0 Å². The molecule has 0 saturated carbocycles. The van der Waals surface area contributed by atoms with Gasteiger partial charge < -0.3 is 9.84 Å². The van der Waals surface area contributed by atoms with Crippen molar-refractivity contribution in [3.63, 3.8) is 0 Å². The van der Waals surface area contributed by atoms with Crippen LogP contribution >= 0.6 is 15.9 Å². The molecule has 2 aromatic carbocycles. The molecule has 6 nitrogen and oxygen atoms in total. The van der Waals surface area contributed by atoms with Crippen molar-refractivity contribution in [2.75, 3.05) is 0 Å². The lowest BCUT2D eigenvalue weighted by Crippen LogP contribution is -2.43. The number of fused-ring (bicyclic) bond motifs is 1. The van der Waals surface area contributed by atoms with Crippen molar-refractivity contribution in [3.05, 3.63) is 75.3 Å². The lowest BCUT2D eigenvalue weighted by atomic mass is 9.85. The van der Waals surface area contributed by atoms with E-state index in [1.54, 1.807) is 24.3 Å². The highest BCUT2D eigenvalue weighted by Gasteiger charge is 2.67. The Hall–Kier alpha value is -3.06. The van der Waals surface area contributed by atoms with E-state index in [2.05, 4.69) is 15.9 Å². The molecule has 2 aliphatic rings. The first-order valence-electron chi connectivity index (χ1n) is 7.54. The summed E-state index contributed by atoms with van der Waals surface area (Å²) in [6, 6.07) is 12.2. The Morgan fingerprint density at radius 1 is 0.923 bits per heavy atom. The Balaban J connectivity index is 2.01. The molecule has 0 bridgehead atoms. The molecule has 0 aromatic heterocycles. The summed E-state index contributed by atoms with van der Waals surface area (Å²) in [5, 5.41) is 10.7. The largest absolute Gasteiger partial charge is 0.507 e. The van der Waals surface area contributed by atoms with E-state index in [1.807, 2.05) is 0 Å². The summed E-state index contributed by atoms with van der Waals surface area (Å²) in [6.07, 6.45) is 0. The summed E-state index contributed by atoms with van der Waals surface area (Å²) >= 11 is 3.24. The van der Waals surface area contributed by atoms with Gasteiger partial charge >= 0.3 is 5.97 Å². The zero-order valence-corrected chi connectivity index (χ0v) is 14.6. The average molecular weight is 413 g/mol. The topological polar surface area (TPSA) is 97.7 Å². The van der Waals surface area contributed by atoms with Crippen molar-refractivity contribution in [1.29, 1.82) is 0 Å². The Morgan fingerprint density at radius 2 is 1.54 bits per heavy atom. The first-order valence-corrected chi connectivity index (χ1v) is 8.33. The number of esters is 1. The Bertz CT molecular complexity index is 1030. The van der Waals surface area contributed by atoms with Crippen LogP contribution in [0.1, 0.15) is 26.3 Å². The molecular weight excluding hydrogens is 404 g/mol. The molecular formula is C19H9BrO6. The zero-order chi connectivity index (χ0) is 18.6. The first-order chi connectivity index (χ1) is 12.4. The highest BCUT2D eigenvalue weighted by molar-refractivity contribution is 9.10. The molecule has 128 valence electrons. The number of Topliss-reactive ketones (excluding diaryl/α,β-unsaturated/α-hetero) is 3. The SMILES string of the molecule is O=C1OC2(C(=O)c3ccccc3C2=O)C(=C(O)c2cccc(Br)c2)C1=O. The number of hydrogen-bond donors (Lipinski definition) is 1. The molecule has 1 aliphatic heterocycles. The molecule has 1 heterocycles. The van der Waals surface area contributed by atoms with Crippen LogP contribution in [0.5, 0.6) is 0 Å². The fourth-order valence-electron chi connectivity index (χ4n) is 3.23. The minimum Gasteiger partial charge on any atom is -0.507 e. The van der Waals surface area contributed by atoms with Crippen LogP contribution in [0.4, 0.5) is 0 Å². The van der Waals surface area contributed by atoms with Gasteiger partial charge in [-0.05, 0) is 12.1 Å². The molecule has 1 fully saturated rings. The van der Waals surface area contributed by atoms with Gasteiger partial charge in [0.2, 0.25) is 11.6 Å². The van der Waals surface area contributed by atoms with Gasteiger partial charge in [0.25, 0.3) is 11.4 Å². The second-order valence-corrected chi connectivity index (χ2v) is 6.75. The molecule has 4 rings (SSSR count). The van der Waals surface area contributed by atoms with E-state index in [1.165, 1.54) is 24.3 Å². The Kier molecular flexibility index (Phi) is 3.45. The number of ether oxygens (including phenoxy) is 1. The molecule has 0 atom stereocenters. The minimum absolute atomic E-state index is 0.0412. The monoisotopic (exact) mass is 412 g/mol. The van der Waals surface area contributed by atoms with Crippen molar-refractivity contribution in [1.82, 2.24) is 0 Å². The van der Waals surface area contributed by atoms with E-state index in [9.17, 15) is 24.3 Å². The minimum atomic E-state index is -2.47. The maximum Gasteiger partial charge on any atom is 0.381 e. The number of halogens is 1. The summed E-state index contributed by atoms with van der Waals surface area (Å²) in [4.78, 5) is 50.2. The number of aliphatic hydroxyl groups is 1. The summed E-state index contributed by atoms with van der Waals surface area (Å²) in [6.45, 7) is 0. The normalized spacial score (nSPS) is 19.7. The second-order valence-electron chi connectivity index (χ2n) is 5.84. The molecule has 1 aliphatic carbocycles. The van der Waals surface area contributed by atoms with E-state index >= 15 is 0 Å². The quantitative estimate of drug-likeness (QED) is 0.254. The van der Waals surface area contributed by atoms with Crippen molar-refractivity contribution >= 4 is 45.0 Å². The zero-order valence-electron chi connectivity index (χ0n) is 13.0. The molecule has 1 saturated heterocycles. The number of carbonyl (C=O) groups excluding carboxylic acids is 4. The number of hydrogen-bond acceptors (Lipinski definition) is 6. The van der Waals surface area contributed by atoms with Gasteiger partial charge in [0.1, 0.15) is 11.3 Å². The predicted octanol–water partition coefficient (Wildman–Crippen LogP) is 2.66. The van der Waals surface area contributed by atoms with Gasteiger partial charge in [0, 0.05) is 21.2 Å². The van der Waals surface area contributed by atoms with Crippen molar-refractivity contribution in [2.45, 2.75) is 5.60 Å². The van der Waals surface area contributed by atoms with E-state index in [4.69, 9.17) is 4.74 Å². The molecule has 26 heavy (non-hydrogen) atoms. The molecule has 1 N–H and O–H groups in total. The van der Waals surface area contributed by atoms with Crippen molar-refractivity contribution in [2.24, 2.45) is 0 Å².